The molecular formula is C24H23N3O5. The Hall–Kier alpha value is -3.91. The molecule has 0 saturated carbocycles. The number of hydrogen-bond acceptors (Lipinski definition) is 6. The Labute approximate surface area is 185 Å². The second-order valence-electron chi connectivity index (χ2n) is 7.68. The van der Waals surface area contributed by atoms with Crippen LogP contribution in [0.1, 0.15) is 20.7 Å². The highest BCUT2D eigenvalue weighted by molar-refractivity contribution is 6.26. The maximum absolute atomic E-state index is 13.1. The highest BCUT2D eigenvalue weighted by Crippen LogP contribution is 2.33. The first-order chi connectivity index (χ1) is 15.4. The average molecular weight is 433 g/mol. The van der Waals surface area contributed by atoms with Crippen molar-refractivity contribution in [1.82, 2.24) is 9.80 Å². The Morgan fingerprint density at radius 2 is 1.66 bits per heavy atom. The summed E-state index contributed by atoms with van der Waals surface area (Å²) in [7, 11) is 5.31. The lowest BCUT2D eigenvalue weighted by molar-refractivity contribution is 0.0601. The molecule has 3 amide bonds. The monoisotopic (exact) mass is 433 g/mol. The Morgan fingerprint density at radius 1 is 0.969 bits per heavy atom. The first-order valence-corrected chi connectivity index (χ1v) is 10.1. The molecule has 0 aromatic heterocycles. The number of hydrogen-bond donors (Lipinski definition) is 1. The van der Waals surface area contributed by atoms with Crippen LogP contribution < -0.4 is 14.8 Å². The summed E-state index contributed by atoms with van der Waals surface area (Å²) in [5, 5.41) is 3.95. The number of rotatable bonds is 6. The Bertz CT molecular complexity index is 1200. The number of likely N-dealkylation sites (N-methyl/N-ethyl adjacent to an activating group) is 1. The Morgan fingerprint density at radius 3 is 2.34 bits per heavy atom. The molecule has 0 spiro atoms. The molecule has 0 bridgehead atoms. The standard InChI is InChI=1S/C24H23N3O5/c1-26(2)11-12-27-22(28)19-6-4-5-15-13-16(14-20(21(15)19)23(27)29)25-24(30)32-18-9-7-17(31-3)8-10-18/h4-10,13-14H,11-12H2,1-3H3,(H,25,30). The third-order valence-corrected chi connectivity index (χ3v) is 5.22. The van der Waals surface area contributed by atoms with Gasteiger partial charge in [0, 0.05) is 29.7 Å². The molecular weight excluding hydrogens is 410 g/mol. The van der Waals surface area contributed by atoms with Crippen molar-refractivity contribution in [3.8, 4) is 11.5 Å². The third-order valence-electron chi connectivity index (χ3n) is 5.22. The quantitative estimate of drug-likeness (QED) is 0.598. The molecule has 32 heavy (non-hydrogen) atoms. The SMILES string of the molecule is COc1ccc(OC(=O)Nc2cc3c4c(cccc4c2)C(=O)N(CCN(C)C)C3=O)cc1. The van der Waals surface area contributed by atoms with Crippen LogP contribution in [0.25, 0.3) is 10.8 Å². The molecule has 0 saturated heterocycles. The molecule has 164 valence electrons. The maximum atomic E-state index is 13.1. The number of benzene rings is 3. The molecule has 0 radical (unpaired) electrons. The third kappa shape index (κ3) is 4.13. The molecule has 8 nitrogen and oxygen atoms in total. The molecule has 3 aromatic carbocycles. The predicted molar refractivity (Wildman–Crippen MR) is 121 cm³/mol. The van der Waals surface area contributed by atoms with E-state index in [0.29, 0.717) is 45.6 Å². The Kier molecular flexibility index (Phi) is 5.79. The van der Waals surface area contributed by atoms with Crippen LogP contribution in [0.15, 0.2) is 54.6 Å². The van der Waals surface area contributed by atoms with Crippen molar-refractivity contribution in [3.05, 3.63) is 65.7 Å². The molecule has 0 unspecified atom stereocenters. The number of imide groups is 1. The molecule has 8 heteroatoms. The molecule has 1 aliphatic heterocycles. The molecule has 1 aliphatic rings. The molecule has 4 rings (SSSR count). The van der Waals surface area contributed by atoms with Crippen LogP contribution in [-0.2, 0) is 0 Å². The summed E-state index contributed by atoms with van der Waals surface area (Å²) < 4.78 is 10.4. The summed E-state index contributed by atoms with van der Waals surface area (Å²) in [4.78, 5) is 41.6. The van der Waals surface area contributed by atoms with Gasteiger partial charge in [-0.3, -0.25) is 19.8 Å². The normalized spacial score (nSPS) is 12.9. The fourth-order valence-corrected chi connectivity index (χ4v) is 3.63. The molecule has 0 atom stereocenters. The summed E-state index contributed by atoms with van der Waals surface area (Å²) in [5.74, 6) is 0.306. The minimum absolute atomic E-state index is 0.275. The van der Waals surface area contributed by atoms with E-state index in [4.69, 9.17) is 9.47 Å². The molecule has 3 aromatic rings. The van der Waals surface area contributed by atoms with E-state index >= 15 is 0 Å². The lowest BCUT2D eigenvalue weighted by Gasteiger charge is -2.28. The lowest BCUT2D eigenvalue weighted by Crippen LogP contribution is -2.43. The van der Waals surface area contributed by atoms with Gasteiger partial charge in [0.25, 0.3) is 11.8 Å². The molecule has 0 fully saturated rings. The first kappa shape index (κ1) is 21.3. The van der Waals surface area contributed by atoms with E-state index in [1.807, 2.05) is 19.0 Å². The van der Waals surface area contributed by atoms with Gasteiger partial charge in [-0.2, -0.15) is 0 Å². The average Bonchev–Trinajstić information content (AvgIpc) is 2.77. The van der Waals surface area contributed by atoms with Gasteiger partial charge in [-0.05, 0) is 61.9 Å². The second-order valence-corrected chi connectivity index (χ2v) is 7.68. The second kappa shape index (κ2) is 8.68. The highest BCUT2D eigenvalue weighted by Gasteiger charge is 2.33. The minimum atomic E-state index is -0.693. The first-order valence-electron chi connectivity index (χ1n) is 10.1. The van der Waals surface area contributed by atoms with Crippen LogP contribution in [0, 0.1) is 0 Å². The minimum Gasteiger partial charge on any atom is -0.497 e. The van der Waals surface area contributed by atoms with Crippen molar-refractivity contribution in [2.24, 2.45) is 0 Å². The zero-order valence-electron chi connectivity index (χ0n) is 18.0. The predicted octanol–water partition coefficient (Wildman–Crippen LogP) is 3.62. The number of amides is 3. The summed E-state index contributed by atoms with van der Waals surface area (Å²) in [5.41, 5.74) is 1.25. The van der Waals surface area contributed by atoms with E-state index in [1.54, 1.807) is 61.7 Å². The van der Waals surface area contributed by atoms with E-state index < -0.39 is 6.09 Å². The largest absolute Gasteiger partial charge is 0.497 e. The number of anilines is 1. The van der Waals surface area contributed by atoms with Gasteiger partial charge in [-0.1, -0.05) is 12.1 Å². The van der Waals surface area contributed by atoms with Gasteiger partial charge in [0.05, 0.1) is 12.7 Å². The van der Waals surface area contributed by atoms with E-state index in [1.165, 1.54) is 4.90 Å². The van der Waals surface area contributed by atoms with E-state index in [-0.39, 0.29) is 18.4 Å². The van der Waals surface area contributed by atoms with E-state index in [0.717, 1.165) is 0 Å². The number of carbonyl (C=O) groups excluding carboxylic acids is 3. The number of ether oxygens (including phenoxy) is 2. The Balaban J connectivity index is 1.62. The molecule has 0 aliphatic carbocycles. The van der Waals surface area contributed by atoms with Crippen molar-refractivity contribution in [1.29, 1.82) is 0 Å². The smallest absolute Gasteiger partial charge is 0.417 e. The number of nitrogens with one attached hydrogen (secondary N) is 1. The number of nitrogens with zero attached hydrogens (tertiary/aromatic N) is 2. The fraction of sp³-hybridized carbons (Fsp3) is 0.208. The van der Waals surface area contributed by atoms with E-state index in [2.05, 4.69) is 5.32 Å². The topological polar surface area (TPSA) is 88.2 Å². The fourth-order valence-electron chi connectivity index (χ4n) is 3.63. The van der Waals surface area contributed by atoms with Crippen LogP contribution in [0.5, 0.6) is 11.5 Å². The van der Waals surface area contributed by atoms with Crippen LogP contribution in [0.2, 0.25) is 0 Å². The van der Waals surface area contributed by atoms with Crippen LogP contribution in [0.4, 0.5) is 10.5 Å². The van der Waals surface area contributed by atoms with Gasteiger partial charge < -0.3 is 14.4 Å². The lowest BCUT2D eigenvalue weighted by atomic mass is 9.93. The van der Waals surface area contributed by atoms with Gasteiger partial charge in [-0.25, -0.2) is 4.79 Å². The van der Waals surface area contributed by atoms with Crippen molar-refractivity contribution < 1.29 is 23.9 Å². The van der Waals surface area contributed by atoms with Crippen LogP contribution in [-0.4, -0.2) is 62.0 Å². The number of carbonyl (C=O) groups is 3. The highest BCUT2D eigenvalue weighted by atomic mass is 16.6. The van der Waals surface area contributed by atoms with Gasteiger partial charge >= 0.3 is 6.09 Å². The van der Waals surface area contributed by atoms with Crippen molar-refractivity contribution in [2.45, 2.75) is 0 Å². The van der Waals surface area contributed by atoms with Gasteiger partial charge in [0.15, 0.2) is 0 Å². The molecule has 1 N–H and O–H groups in total. The van der Waals surface area contributed by atoms with Crippen molar-refractivity contribution in [2.75, 3.05) is 39.6 Å². The molecule has 1 heterocycles. The van der Waals surface area contributed by atoms with Gasteiger partial charge in [-0.15, -0.1) is 0 Å². The van der Waals surface area contributed by atoms with E-state index in [9.17, 15) is 14.4 Å². The number of methoxy groups -OCH3 is 1. The summed E-state index contributed by atoms with van der Waals surface area (Å²) in [6.45, 7) is 0.826. The zero-order chi connectivity index (χ0) is 22.8. The van der Waals surface area contributed by atoms with Gasteiger partial charge in [0.2, 0.25) is 0 Å². The summed E-state index contributed by atoms with van der Waals surface area (Å²) in [6.07, 6.45) is -0.693. The zero-order valence-corrected chi connectivity index (χ0v) is 18.0. The van der Waals surface area contributed by atoms with Gasteiger partial charge in [0.1, 0.15) is 11.5 Å². The summed E-state index contributed by atoms with van der Waals surface area (Å²) >= 11 is 0. The maximum Gasteiger partial charge on any atom is 0.417 e. The van der Waals surface area contributed by atoms with Crippen LogP contribution >= 0.6 is 0 Å². The van der Waals surface area contributed by atoms with Crippen molar-refractivity contribution >= 4 is 34.4 Å². The van der Waals surface area contributed by atoms with Crippen LogP contribution in [0.3, 0.4) is 0 Å². The van der Waals surface area contributed by atoms with Crippen molar-refractivity contribution in [3.63, 3.8) is 0 Å². The summed E-state index contributed by atoms with van der Waals surface area (Å²) in [6, 6.07) is 15.2.